The smallest absolute Gasteiger partial charge is 0.256 e. The number of hydrogen-bond donors (Lipinski definition) is 0. The summed E-state index contributed by atoms with van der Waals surface area (Å²) in [4.78, 5) is 29.2. The number of carbonyl (C=O) groups excluding carboxylic acids is 2. The van der Waals surface area contributed by atoms with Gasteiger partial charge in [0.1, 0.15) is 6.04 Å². The van der Waals surface area contributed by atoms with E-state index in [1.165, 1.54) is 10.4 Å². The second kappa shape index (κ2) is 8.57. The number of rotatable bonds is 4. The Morgan fingerprint density at radius 1 is 1.11 bits per heavy atom. The minimum atomic E-state index is -3.25. The van der Waals surface area contributed by atoms with Crippen molar-refractivity contribution in [1.82, 2.24) is 14.1 Å². The number of piperazine rings is 1. The number of amides is 2. The maximum absolute atomic E-state index is 13.0. The van der Waals surface area contributed by atoms with Gasteiger partial charge in [0.05, 0.1) is 16.3 Å². The first kappa shape index (κ1) is 21.4. The van der Waals surface area contributed by atoms with Crippen molar-refractivity contribution in [2.75, 3.05) is 38.5 Å². The average molecular weight is 448 g/mol. The Labute approximate surface area is 175 Å². The van der Waals surface area contributed by atoms with Crippen molar-refractivity contribution < 1.29 is 18.0 Å². The van der Waals surface area contributed by atoms with Crippen molar-refractivity contribution in [1.29, 1.82) is 0 Å². The zero-order chi connectivity index (χ0) is 20.5. The highest BCUT2D eigenvalue weighted by Gasteiger charge is 2.39. The van der Waals surface area contributed by atoms with E-state index in [9.17, 15) is 18.0 Å². The molecule has 1 aromatic rings. The Morgan fingerprint density at radius 2 is 1.79 bits per heavy atom. The van der Waals surface area contributed by atoms with Crippen LogP contribution in [0.2, 0.25) is 10.0 Å². The predicted octanol–water partition coefficient (Wildman–Crippen LogP) is 2.09. The molecule has 10 heteroatoms. The van der Waals surface area contributed by atoms with E-state index in [-0.39, 0.29) is 36.2 Å². The second-order valence-corrected chi connectivity index (χ2v) is 10.0. The fourth-order valence-corrected chi connectivity index (χ4v) is 5.12. The van der Waals surface area contributed by atoms with Crippen molar-refractivity contribution in [3.63, 3.8) is 0 Å². The van der Waals surface area contributed by atoms with E-state index in [1.54, 1.807) is 28.9 Å². The van der Waals surface area contributed by atoms with Gasteiger partial charge in [0.25, 0.3) is 5.91 Å². The summed E-state index contributed by atoms with van der Waals surface area (Å²) in [6.07, 6.45) is 1.31. The first-order valence-corrected chi connectivity index (χ1v) is 11.6. The first-order valence-electron chi connectivity index (χ1n) is 9.27. The zero-order valence-electron chi connectivity index (χ0n) is 15.6. The monoisotopic (exact) mass is 447 g/mol. The zero-order valence-corrected chi connectivity index (χ0v) is 17.9. The van der Waals surface area contributed by atoms with E-state index in [2.05, 4.69) is 0 Å². The van der Waals surface area contributed by atoms with Gasteiger partial charge in [-0.2, -0.15) is 4.31 Å². The molecule has 0 saturated carbocycles. The number of sulfonamides is 1. The number of nitrogens with zero attached hydrogens (tertiary/aromatic N) is 3. The highest BCUT2D eigenvalue weighted by atomic mass is 35.5. The van der Waals surface area contributed by atoms with Gasteiger partial charge in [0.15, 0.2) is 0 Å². The Bertz CT molecular complexity index is 870. The molecule has 7 nitrogen and oxygen atoms in total. The van der Waals surface area contributed by atoms with Gasteiger partial charge in [0.2, 0.25) is 15.9 Å². The van der Waals surface area contributed by atoms with Crippen molar-refractivity contribution in [2.45, 2.75) is 25.8 Å². The maximum atomic E-state index is 13.0. The van der Waals surface area contributed by atoms with Crippen LogP contribution in [-0.4, -0.2) is 78.9 Å². The van der Waals surface area contributed by atoms with Crippen LogP contribution < -0.4 is 0 Å². The number of likely N-dealkylation sites (tertiary alicyclic amines) is 1. The SMILES string of the molecule is CCS(=O)(=O)N1CCN(C(=O)C2CCCN2C(=O)c2cc(Cl)ccc2Cl)CC1. The molecule has 0 aliphatic carbocycles. The third kappa shape index (κ3) is 4.30. The quantitative estimate of drug-likeness (QED) is 0.707. The van der Waals surface area contributed by atoms with Gasteiger partial charge in [-0.3, -0.25) is 9.59 Å². The molecule has 0 bridgehead atoms. The molecule has 1 unspecified atom stereocenters. The summed E-state index contributed by atoms with van der Waals surface area (Å²) in [5.74, 6) is -0.403. The molecule has 0 radical (unpaired) electrons. The summed E-state index contributed by atoms with van der Waals surface area (Å²) in [5.41, 5.74) is 0.285. The number of benzene rings is 1. The van der Waals surface area contributed by atoms with Crippen LogP contribution in [0.3, 0.4) is 0 Å². The van der Waals surface area contributed by atoms with Crippen LogP contribution in [0.1, 0.15) is 30.1 Å². The number of hydrogen-bond acceptors (Lipinski definition) is 4. The third-order valence-electron chi connectivity index (χ3n) is 5.27. The van der Waals surface area contributed by atoms with Crippen LogP contribution in [0.4, 0.5) is 0 Å². The molecule has 2 heterocycles. The summed E-state index contributed by atoms with van der Waals surface area (Å²) in [6, 6.07) is 4.13. The van der Waals surface area contributed by atoms with E-state index >= 15 is 0 Å². The minimum absolute atomic E-state index is 0.0479. The largest absolute Gasteiger partial charge is 0.338 e. The van der Waals surface area contributed by atoms with Crippen LogP contribution in [0.25, 0.3) is 0 Å². The van der Waals surface area contributed by atoms with Crippen LogP contribution in [0, 0.1) is 0 Å². The van der Waals surface area contributed by atoms with Gasteiger partial charge < -0.3 is 9.80 Å². The lowest BCUT2D eigenvalue weighted by atomic mass is 10.1. The Balaban J connectivity index is 1.70. The van der Waals surface area contributed by atoms with Crippen molar-refractivity contribution >= 4 is 45.0 Å². The van der Waals surface area contributed by atoms with Gasteiger partial charge in [0, 0.05) is 37.7 Å². The second-order valence-electron chi connectivity index (χ2n) is 6.91. The fraction of sp³-hybridized carbons (Fsp3) is 0.556. The summed E-state index contributed by atoms with van der Waals surface area (Å²) >= 11 is 12.1. The third-order valence-corrected chi connectivity index (χ3v) is 7.71. The lowest BCUT2D eigenvalue weighted by Crippen LogP contribution is -2.55. The van der Waals surface area contributed by atoms with Crippen LogP contribution in [0.5, 0.6) is 0 Å². The summed E-state index contributed by atoms with van der Waals surface area (Å²) in [5, 5.41) is 0.703. The van der Waals surface area contributed by atoms with E-state index in [4.69, 9.17) is 23.2 Å². The molecule has 2 amide bonds. The van der Waals surface area contributed by atoms with E-state index in [0.29, 0.717) is 36.1 Å². The molecule has 154 valence electrons. The van der Waals surface area contributed by atoms with E-state index in [0.717, 1.165) is 6.42 Å². The topological polar surface area (TPSA) is 78.0 Å². The van der Waals surface area contributed by atoms with Crippen LogP contribution >= 0.6 is 23.2 Å². The van der Waals surface area contributed by atoms with Crippen LogP contribution in [0.15, 0.2) is 18.2 Å². The van der Waals surface area contributed by atoms with Crippen molar-refractivity contribution in [3.8, 4) is 0 Å². The maximum Gasteiger partial charge on any atom is 0.256 e. The Morgan fingerprint density at radius 3 is 2.43 bits per heavy atom. The summed E-state index contributed by atoms with van der Waals surface area (Å²) in [6.45, 7) is 3.30. The standard InChI is InChI=1S/C18H23Cl2N3O4S/c1-2-28(26,27)22-10-8-21(9-11-22)18(25)16-4-3-7-23(16)17(24)14-12-13(19)5-6-15(14)20/h5-6,12,16H,2-4,7-11H2,1H3. The van der Waals surface area contributed by atoms with Gasteiger partial charge >= 0.3 is 0 Å². The molecule has 2 aliphatic rings. The van der Waals surface area contributed by atoms with E-state index < -0.39 is 16.1 Å². The Hall–Kier alpha value is -1.35. The fourth-order valence-electron chi connectivity index (χ4n) is 3.66. The highest BCUT2D eigenvalue weighted by molar-refractivity contribution is 7.89. The molecule has 0 spiro atoms. The predicted molar refractivity (Wildman–Crippen MR) is 108 cm³/mol. The molecule has 28 heavy (non-hydrogen) atoms. The normalized spacial score (nSPS) is 21.2. The lowest BCUT2D eigenvalue weighted by molar-refractivity contribution is -0.136. The van der Waals surface area contributed by atoms with Crippen molar-refractivity contribution in [2.24, 2.45) is 0 Å². The molecule has 0 aromatic heterocycles. The van der Waals surface area contributed by atoms with Crippen molar-refractivity contribution in [3.05, 3.63) is 33.8 Å². The summed E-state index contributed by atoms with van der Waals surface area (Å²) in [7, 11) is -3.25. The van der Waals surface area contributed by atoms with Gasteiger partial charge in [-0.1, -0.05) is 23.2 Å². The van der Waals surface area contributed by atoms with Gasteiger partial charge in [-0.25, -0.2) is 8.42 Å². The molecule has 1 aromatic carbocycles. The first-order chi connectivity index (χ1) is 13.2. The summed E-state index contributed by atoms with van der Waals surface area (Å²) < 4.78 is 25.4. The molecule has 1 atom stereocenters. The number of carbonyl (C=O) groups is 2. The molecule has 2 fully saturated rings. The molecule has 2 saturated heterocycles. The van der Waals surface area contributed by atoms with Crippen LogP contribution in [-0.2, 0) is 14.8 Å². The van der Waals surface area contributed by atoms with Gasteiger partial charge in [-0.15, -0.1) is 0 Å². The minimum Gasteiger partial charge on any atom is -0.338 e. The Kier molecular flexibility index (Phi) is 6.54. The lowest BCUT2D eigenvalue weighted by Gasteiger charge is -2.36. The molecular formula is C18H23Cl2N3O4S. The molecule has 0 N–H and O–H groups in total. The van der Waals surface area contributed by atoms with Gasteiger partial charge in [-0.05, 0) is 38.0 Å². The average Bonchev–Trinajstić information content (AvgIpc) is 3.18. The highest BCUT2D eigenvalue weighted by Crippen LogP contribution is 2.27. The number of halogens is 2. The molecule has 2 aliphatic heterocycles. The molecular weight excluding hydrogens is 425 g/mol. The molecule has 3 rings (SSSR count). The van der Waals surface area contributed by atoms with E-state index in [1.807, 2.05) is 0 Å².